The SMILES string of the molecule is CCCCCN(C(=O)NC(=O)NCCCC)S(C)(=O)=O. The van der Waals surface area contributed by atoms with Gasteiger partial charge in [-0.2, -0.15) is 0 Å². The molecule has 8 heteroatoms. The van der Waals surface area contributed by atoms with Crippen LogP contribution in [0.3, 0.4) is 0 Å². The van der Waals surface area contributed by atoms with E-state index in [1.165, 1.54) is 0 Å². The van der Waals surface area contributed by atoms with Gasteiger partial charge in [0.1, 0.15) is 0 Å². The minimum absolute atomic E-state index is 0.0841. The molecule has 0 aromatic carbocycles. The van der Waals surface area contributed by atoms with E-state index in [4.69, 9.17) is 0 Å². The van der Waals surface area contributed by atoms with Crippen molar-refractivity contribution in [2.45, 2.75) is 46.0 Å². The maximum absolute atomic E-state index is 11.8. The van der Waals surface area contributed by atoms with Crippen molar-refractivity contribution >= 4 is 22.1 Å². The van der Waals surface area contributed by atoms with Crippen LogP contribution in [0.4, 0.5) is 9.59 Å². The Labute approximate surface area is 121 Å². The molecule has 0 aliphatic rings. The number of unbranched alkanes of at least 4 members (excludes halogenated alkanes) is 3. The van der Waals surface area contributed by atoms with Crippen molar-refractivity contribution in [1.29, 1.82) is 0 Å². The molecule has 0 aliphatic heterocycles. The van der Waals surface area contributed by atoms with E-state index in [-0.39, 0.29) is 6.54 Å². The minimum atomic E-state index is -3.67. The van der Waals surface area contributed by atoms with Gasteiger partial charge in [-0.3, -0.25) is 5.32 Å². The summed E-state index contributed by atoms with van der Waals surface area (Å²) in [4.78, 5) is 23.2. The molecule has 0 saturated carbocycles. The van der Waals surface area contributed by atoms with E-state index in [0.717, 1.165) is 31.9 Å². The van der Waals surface area contributed by atoms with Gasteiger partial charge in [-0.25, -0.2) is 22.3 Å². The van der Waals surface area contributed by atoms with Gasteiger partial charge in [0.25, 0.3) is 0 Å². The second-order valence-electron chi connectivity index (χ2n) is 4.58. The number of amides is 4. The molecule has 0 radical (unpaired) electrons. The van der Waals surface area contributed by atoms with Gasteiger partial charge in [0, 0.05) is 13.1 Å². The number of carbonyl (C=O) groups excluding carboxylic acids is 2. The van der Waals surface area contributed by atoms with E-state index in [9.17, 15) is 18.0 Å². The Bertz CT molecular complexity index is 409. The number of nitrogens with one attached hydrogen (secondary N) is 2. The molecule has 0 saturated heterocycles. The third kappa shape index (κ3) is 7.98. The quantitative estimate of drug-likeness (QED) is 0.667. The first-order valence-electron chi connectivity index (χ1n) is 6.89. The number of rotatable bonds is 8. The Morgan fingerprint density at radius 1 is 1.05 bits per heavy atom. The van der Waals surface area contributed by atoms with E-state index in [0.29, 0.717) is 17.3 Å². The zero-order valence-electron chi connectivity index (χ0n) is 12.4. The maximum atomic E-state index is 11.8. The third-order valence-electron chi connectivity index (χ3n) is 2.63. The molecule has 0 atom stereocenters. The van der Waals surface area contributed by atoms with Gasteiger partial charge >= 0.3 is 12.1 Å². The lowest BCUT2D eigenvalue weighted by atomic mass is 10.2. The minimum Gasteiger partial charge on any atom is -0.338 e. The molecule has 0 spiro atoms. The molecule has 0 fully saturated rings. The normalized spacial score (nSPS) is 10.9. The number of carbonyl (C=O) groups is 2. The van der Waals surface area contributed by atoms with Crippen LogP contribution in [-0.4, -0.2) is 44.1 Å². The Balaban J connectivity index is 4.44. The van der Waals surface area contributed by atoms with E-state index in [1.54, 1.807) is 0 Å². The summed E-state index contributed by atoms with van der Waals surface area (Å²) in [6.07, 6.45) is 4.98. The lowest BCUT2D eigenvalue weighted by Gasteiger charge is -2.20. The average molecular weight is 307 g/mol. The fourth-order valence-corrected chi connectivity index (χ4v) is 2.31. The Morgan fingerprint density at radius 2 is 1.65 bits per heavy atom. The molecule has 4 amide bonds. The van der Waals surface area contributed by atoms with Crippen LogP contribution in [0.5, 0.6) is 0 Å². The summed E-state index contributed by atoms with van der Waals surface area (Å²) in [5.41, 5.74) is 0. The van der Waals surface area contributed by atoms with Gasteiger partial charge < -0.3 is 5.32 Å². The van der Waals surface area contributed by atoms with E-state index >= 15 is 0 Å². The summed E-state index contributed by atoms with van der Waals surface area (Å²) < 4.78 is 23.8. The molecule has 0 unspecified atom stereocenters. The van der Waals surface area contributed by atoms with Gasteiger partial charge in [0.2, 0.25) is 10.0 Å². The van der Waals surface area contributed by atoms with Crippen LogP contribution in [-0.2, 0) is 10.0 Å². The topological polar surface area (TPSA) is 95.6 Å². The average Bonchev–Trinajstić information content (AvgIpc) is 2.33. The fraction of sp³-hybridized carbons (Fsp3) is 0.833. The van der Waals surface area contributed by atoms with Crippen LogP contribution in [0.1, 0.15) is 46.0 Å². The molecular weight excluding hydrogens is 282 g/mol. The number of nitrogens with zero attached hydrogens (tertiary/aromatic N) is 1. The summed E-state index contributed by atoms with van der Waals surface area (Å²) >= 11 is 0. The van der Waals surface area contributed by atoms with Crippen LogP contribution in [0.2, 0.25) is 0 Å². The first kappa shape index (κ1) is 18.7. The van der Waals surface area contributed by atoms with Gasteiger partial charge in [0.15, 0.2) is 0 Å². The molecule has 7 nitrogen and oxygen atoms in total. The largest absolute Gasteiger partial charge is 0.339 e. The number of sulfonamides is 1. The van der Waals surface area contributed by atoms with Gasteiger partial charge in [-0.05, 0) is 12.8 Å². The van der Waals surface area contributed by atoms with E-state index < -0.39 is 22.1 Å². The van der Waals surface area contributed by atoms with Gasteiger partial charge in [-0.15, -0.1) is 0 Å². The maximum Gasteiger partial charge on any atom is 0.339 e. The Hall–Kier alpha value is -1.31. The summed E-state index contributed by atoms with van der Waals surface area (Å²) in [6.45, 7) is 4.49. The summed E-state index contributed by atoms with van der Waals surface area (Å²) in [5.74, 6) is 0. The van der Waals surface area contributed by atoms with Crippen molar-refractivity contribution < 1.29 is 18.0 Å². The van der Waals surface area contributed by atoms with Crippen molar-refractivity contribution in [3.05, 3.63) is 0 Å². The summed E-state index contributed by atoms with van der Waals surface area (Å²) in [6, 6.07) is -1.58. The molecule has 0 bridgehead atoms. The van der Waals surface area contributed by atoms with Crippen LogP contribution < -0.4 is 10.6 Å². The van der Waals surface area contributed by atoms with Crippen molar-refractivity contribution in [2.75, 3.05) is 19.3 Å². The Kier molecular flexibility index (Phi) is 8.94. The van der Waals surface area contributed by atoms with Crippen molar-refractivity contribution in [3.63, 3.8) is 0 Å². The molecule has 0 rings (SSSR count). The van der Waals surface area contributed by atoms with E-state index in [2.05, 4.69) is 5.32 Å². The lowest BCUT2D eigenvalue weighted by Crippen LogP contribution is -2.49. The number of imide groups is 1. The molecule has 0 aliphatic carbocycles. The molecule has 118 valence electrons. The predicted molar refractivity (Wildman–Crippen MR) is 77.9 cm³/mol. The lowest BCUT2D eigenvalue weighted by molar-refractivity contribution is 0.215. The molecule has 2 N–H and O–H groups in total. The highest BCUT2D eigenvalue weighted by molar-refractivity contribution is 7.88. The number of hydrogen-bond donors (Lipinski definition) is 2. The van der Waals surface area contributed by atoms with Gasteiger partial charge in [-0.1, -0.05) is 33.1 Å². The zero-order chi connectivity index (χ0) is 15.6. The fourth-order valence-electron chi connectivity index (χ4n) is 1.51. The first-order chi connectivity index (χ1) is 9.32. The molecule has 20 heavy (non-hydrogen) atoms. The van der Waals surface area contributed by atoms with Crippen molar-refractivity contribution in [2.24, 2.45) is 0 Å². The standard InChI is InChI=1S/C12H25N3O4S/c1-4-6-8-10-15(20(3,18)19)12(17)14-11(16)13-9-7-5-2/h4-10H2,1-3H3,(H2,13,14,16,17). The van der Waals surface area contributed by atoms with Gasteiger partial charge in [0.05, 0.1) is 6.26 Å². The highest BCUT2D eigenvalue weighted by Crippen LogP contribution is 2.04. The zero-order valence-corrected chi connectivity index (χ0v) is 13.3. The number of hydrogen-bond acceptors (Lipinski definition) is 4. The highest BCUT2D eigenvalue weighted by Gasteiger charge is 2.24. The molecule has 0 aromatic rings. The first-order valence-corrected chi connectivity index (χ1v) is 8.74. The van der Waals surface area contributed by atoms with E-state index in [1.807, 2.05) is 19.2 Å². The molecule has 0 heterocycles. The van der Waals surface area contributed by atoms with Crippen LogP contribution in [0.25, 0.3) is 0 Å². The summed E-state index contributed by atoms with van der Waals surface area (Å²) in [5, 5.41) is 4.53. The second-order valence-corrected chi connectivity index (χ2v) is 6.49. The van der Waals surface area contributed by atoms with Crippen LogP contribution in [0.15, 0.2) is 0 Å². The smallest absolute Gasteiger partial charge is 0.338 e. The van der Waals surface area contributed by atoms with Crippen molar-refractivity contribution in [1.82, 2.24) is 14.9 Å². The van der Waals surface area contributed by atoms with Crippen molar-refractivity contribution in [3.8, 4) is 0 Å². The molecular formula is C12H25N3O4S. The second kappa shape index (κ2) is 9.57. The number of urea groups is 2. The predicted octanol–water partition coefficient (Wildman–Crippen LogP) is 1.66. The van der Waals surface area contributed by atoms with Crippen LogP contribution >= 0.6 is 0 Å². The summed E-state index contributed by atoms with van der Waals surface area (Å²) in [7, 11) is -3.67. The third-order valence-corrected chi connectivity index (χ3v) is 3.78. The monoisotopic (exact) mass is 307 g/mol. The molecule has 0 aromatic heterocycles. The highest BCUT2D eigenvalue weighted by atomic mass is 32.2. The Morgan fingerprint density at radius 3 is 2.15 bits per heavy atom. The van der Waals surface area contributed by atoms with Crippen LogP contribution in [0, 0.1) is 0 Å².